The Morgan fingerprint density at radius 2 is 1.10 bits per heavy atom. The molecule has 0 aromatic heterocycles. The third kappa shape index (κ3) is 26.7. The zero-order valence-electron chi connectivity index (χ0n) is 64.9. The third-order valence-electron chi connectivity index (χ3n) is 19.4. The van der Waals surface area contributed by atoms with Crippen LogP contribution in [0.1, 0.15) is 194 Å². The smallest absolute Gasteiger partial charge is 0.305 e. The fraction of sp³-hybridized carbons (Fsp3) is 0.836. The van der Waals surface area contributed by atoms with Crippen molar-refractivity contribution < 1.29 is 76.6 Å². The average Bonchev–Trinajstić information content (AvgIpc) is 0.751. The topological polar surface area (TPSA) is 292 Å². The molecule has 2 rings (SSSR count). The number of methoxy groups -OCH3 is 1. The first-order valence-corrected chi connectivity index (χ1v) is 36.4. The fourth-order valence-corrected chi connectivity index (χ4v) is 13.2. The maximum Gasteiger partial charge on any atom is 0.305 e. The van der Waals surface area contributed by atoms with Crippen LogP contribution in [-0.2, 0) is 76.6 Å². The molecule has 0 aromatic carbocycles. The van der Waals surface area contributed by atoms with Crippen LogP contribution in [0.4, 0.5) is 0 Å². The summed E-state index contributed by atoms with van der Waals surface area (Å²) in [5, 5.41) is 6.57. The van der Waals surface area contributed by atoms with E-state index in [0.717, 1.165) is 37.5 Å². The van der Waals surface area contributed by atoms with E-state index < -0.39 is 120 Å². The molecule has 0 spiro atoms. The molecule has 2 fully saturated rings. The lowest BCUT2D eigenvalue weighted by Crippen LogP contribution is -2.71. The molecule has 9 amide bonds. The molecule has 99 heavy (non-hydrogen) atoms. The number of hydroxylamine groups is 2. The van der Waals surface area contributed by atoms with Gasteiger partial charge in [-0.05, 0) is 107 Å². The van der Waals surface area contributed by atoms with Gasteiger partial charge in [0, 0.05) is 107 Å². The molecular weight excluding hydrogens is 1270 g/mol. The molecule has 13 atom stereocenters. The molecule has 26 heteroatoms. The summed E-state index contributed by atoms with van der Waals surface area (Å²) in [7, 11) is 12.0. The number of morpholine rings is 1. The van der Waals surface area contributed by atoms with Crippen molar-refractivity contribution in [2.24, 2.45) is 47.3 Å². The summed E-state index contributed by atoms with van der Waals surface area (Å²) in [6.07, 6.45) is 2.58. The van der Waals surface area contributed by atoms with Crippen molar-refractivity contribution in [1.82, 2.24) is 50.0 Å². The number of nitrogens with one attached hydrogen (secondary N) is 2. The van der Waals surface area contributed by atoms with Gasteiger partial charge < -0.3 is 54.2 Å². The SMILES string of the molecule is CCC(=O)N(C)[C@H](C(=O)C[C@H](C(=O)N(C)[C@@H](CC(C)C)C(=O)C[C@@H](C)C(=O)N[C@H](C)C(=O)N(C)[C@@H](CC(C)C)C(=O)N(C)[C@@H](CC(C)C)C(=O)N(C)[C@H](C(=O)N1O[C@H]([C@H](C)CCCCC(=O)OC)[C@H]1C(=O)N[C@@H](CC)C(=O)N(C)C)C(C)C)C(C)C)[C@@H](C)OCCCCN1CCOCC1. The Kier molecular flexibility index (Phi) is 38.6. The first-order valence-electron chi connectivity index (χ1n) is 36.4. The first-order chi connectivity index (χ1) is 46.2. The molecule has 2 saturated heterocycles. The van der Waals surface area contributed by atoms with E-state index in [1.54, 1.807) is 62.7 Å². The second-order valence-corrected chi connectivity index (χ2v) is 30.0. The molecule has 0 aliphatic carbocycles. The Morgan fingerprint density at radius 1 is 0.566 bits per heavy atom. The van der Waals surface area contributed by atoms with Crippen molar-refractivity contribution >= 4 is 70.7 Å². The van der Waals surface area contributed by atoms with Crippen molar-refractivity contribution in [3.05, 3.63) is 0 Å². The van der Waals surface area contributed by atoms with Crippen molar-refractivity contribution in [2.75, 3.05) is 95.9 Å². The van der Waals surface area contributed by atoms with Crippen LogP contribution in [0.2, 0.25) is 0 Å². The van der Waals surface area contributed by atoms with Gasteiger partial charge in [-0.2, -0.15) is 0 Å². The Labute approximate surface area is 593 Å². The molecular formula is C73H130N10O16. The fourth-order valence-electron chi connectivity index (χ4n) is 13.2. The van der Waals surface area contributed by atoms with E-state index in [9.17, 15) is 47.9 Å². The van der Waals surface area contributed by atoms with Crippen LogP contribution >= 0.6 is 0 Å². The van der Waals surface area contributed by atoms with Crippen LogP contribution in [-0.4, -0.2) is 267 Å². The van der Waals surface area contributed by atoms with Gasteiger partial charge in [-0.3, -0.25) is 67.3 Å². The lowest BCUT2D eigenvalue weighted by molar-refractivity contribution is -0.322. The quantitative estimate of drug-likeness (QED) is 0.0519. The molecule has 0 aromatic rings. The Balaban J connectivity index is 2.38. The molecule has 0 radical (unpaired) electrons. The van der Waals surface area contributed by atoms with Gasteiger partial charge >= 0.3 is 5.97 Å². The van der Waals surface area contributed by atoms with Crippen LogP contribution in [0.5, 0.6) is 0 Å². The number of hydrogen-bond acceptors (Lipinski definition) is 17. The number of Topliss-reactive ketones (excluding diaryl/α,β-unsaturated/α-hetero) is 2. The normalized spacial score (nSPS) is 18.3. The third-order valence-corrected chi connectivity index (χ3v) is 19.4. The standard InChI is InChI=1S/C73H130N10O16/c1-25-54(70(92)76(17)18)75-67(89)64-65(49(13)31-27-28-32-61(87)96-24)99-83(64)73(95)62(48(11)12)81(23)72(94)57(41-46(7)8)79(21)71(93)56(40-45(5)6)78(20)68(90)51(15)74-66(88)50(14)42-58(84)55(39-44(3)4)77(19)69(91)53(47(9)10)43-59(85)63(80(22)60(86)26-2)52(16)98-36-30-29-33-82-34-37-97-38-35-82/h44-57,62-65H,25-43H2,1-24H3,(H,74,88)(H,75,89)/t49-,50-,51-,52-,53+,54+,55+,56+,57+,62+,63+,64+,65-/m1/s1. The minimum Gasteiger partial charge on any atom is -0.469 e. The molecule has 0 unspecified atom stereocenters. The Morgan fingerprint density at radius 3 is 1.61 bits per heavy atom. The lowest BCUT2D eigenvalue weighted by Gasteiger charge is -2.50. The molecule has 568 valence electrons. The first kappa shape index (κ1) is 89.0. The van der Waals surface area contributed by atoms with Crippen molar-refractivity contribution in [2.45, 2.75) is 255 Å². The number of hydrogen-bond donors (Lipinski definition) is 2. The van der Waals surface area contributed by atoms with E-state index in [4.69, 9.17) is 19.0 Å². The molecule has 2 aliphatic rings. The van der Waals surface area contributed by atoms with E-state index in [1.807, 2.05) is 62.3 Å². The van der Waals surface area contributed by atoms with E-state index >= 15 is 9.59 Å². The highest BCUT2D eigenvalue weighted by molar-refractivity contribution is 5.99. The minimum atomic E-state index is -1.21. The summed E-state index contributed by atoms with van der Waals surface area (Å²) in [6.45, 7) is 33.2. The number of esters is 1. The molecule has 2 heterocycles. The highest BCUT2D eigenvalue weighted by atomic mass is 16.7. The van der Waals surface area contributed by atoms with Crippen LogP contribution in [0.3, 0.4) is 0 Å². The van der Waals surface area contributed by atoms with Crippen LogP contribution in [0.15, 0.2) is 0 Å². The number of unbranched alkanes of at least 4 members (excludes halogenated alkanes) is 2. The number of carbonyl (C=O) groups is 12. The van der Waals surface area contributed by atoms with Gasteiger partial charge in [-0.1, -0.05) is 103 Å². The Bertz CT molecular complexity index is 2650. The van der Waals surface area contributed by atoms with E-state index in [2.05, 4.69) is 15.5 Å². The zero-order valence-corrected chi connectivity index (χ0v) is 64.9. The van der Waals surface area contributed by atoms with Gasteiger partial charge in [0.25, 0.3) is 5.91 Å². The number of nitrogens with zero attached hydrogens (tertiary/aromatic N) is 8. The summed E-state index contributed by atoms with van der Waals surface area (Å²) >= 11 is 0. The van der Waals surface area contributed by atoms with Gasteiger partial charge in [-0.15, -0.1) is 0 Å². The van der Waals surface area contributed by atoms with Crippen LogP contribution in [0, 0.1) is 47.3 Å². The molecule has 2 N–H and O–H groups in total. The predicted molar refractivity (Wildman–Crippen MR) is 379 cm³/mol. The highest BCUT2D eigenvalue weighted by Gasteiger charge is 2.54. The van der Waals surface area contributed by atoms with Crippen molar-refractivity contribution in [3.63, 3.8) is 0 Å². The average molecular weight is 1400 g/mol. The maximum atomic E-state index is 15.1. The number of rotatable bonds is 44. The van der Waals surface area contributed by atoms with Crippen molar-refractivity contribution in [3.8, 4) is 0 Å². The van der Waals surface area contributed by atoms with Gasteiger partial charge in [0.2, 0.25) is 47.3 Å². The minimum absolute atomic E-state index is 0.0642. The largest absolute Gasteiger partial charge is 0.469 e. The second kappa shape index (κ2) is 43.0. The second-order valence-electron chi connectivity index (χ2n) is 30.0. The maximum absolute atomic E-state index is 15.1. The summed E-state index contributed by atoms with van der Waals surface area (Å²) < 4.78 is 16.5. The number of amides is 9. The lowest BCUT2D eigenvalue weighted by atomic mass is 9.85. The van der Waals surface area contributed by atoms with Crippen LogP contribution in [0.25, 0.3) is 0 Å². The van der Waals surface area contributed by atoms with Gasteiger partial charge in [0.1, 0.15) is 42.4 Å². The summed E-state index contributed by atoms with van der Waals surface area (Å²) in [5.74, 6) is -9.12. The van der Waals surface area contributed by atoms with E-state index in [0.29, 0.717) is 39.1 Å². The van der Waals surface area contributed by atoms with E-state index in [-0.39, 0.29) is 110 Å². The van der Waals surface area contributed by atoms with Crippen LogP contribution < -0.4 is 10.6 Å². The summed E-state index contributed by atoms with van der Waals surface area (Å²) in [6, 6.07) is -8.69. The molecule has 0 saturated carbocycles. The molecule has 26 nitrogen and oxygen atoms in total. The predicted octanol–water partition coefficient (Wildman–Crippen LogP) is 6.04. The van der Waals surface area contributed by atoms with Gasteiger partial charge in [0.15, 0.2) is 17.6 Å². The van der Waals surface area contributed by atoms with Crippen molar-refractivity contribution in [1.29, 1.82) is 0 Å². The monoisotopic (exact) mass is 1400 g/mol. The van der Waals surface area contributed by atoms with Gasteiger partial charge in [0.05, 0.1) is 32.5 Å². The number of ketones is 2. The Hall–Kier alpha value is -6.12. The number of likely N-dealkylation sites (N-methyl/N-ethyl adjacent to an activating group) is 6. The summed E-state index contributed by atoms with van der Waals surface area (Å²) in [4.78, 5) is 186. The molecule has 0 bridgehead atoms. The number of ether oxygens (including phenoxy) is 3. The number of carbonyl (C=O) groups excluding carboxylic acids is 12. The summed E-state index contributed by atoms with van der Waals surface area (Å²) in [5.41, 5.74) is 0. The zero-order chi connectivity index (χ0) is 75.6. The molecule has 2 aliphatic heterocycles. The highest BCUT2D eigenvalue weighted by Crippen LogP contribution is 2.35. The van der Waals surface area contributed by atoms with Gasteiger partial charge in [-0.25, -0.2) is 5.06 Å². The van der Waals surface area contributed by atoms with E-state index in [1.165, 1.54) is 71.6 Å².